The summed E-state index contributed by atoms with van der Waals surface area (Å²) < 4.78 is 30.1. The van der Waals surface area contributed by atoms with Crippen LogP contribution in [-0.2, 0) is 24.1 Å². The molecule has 0 spiro atoms. The lowest BCUT2D eigenvalue weighted by Crippen LogP contribution is -2.31. The van der Waals surface area contributed by atoms with Crippen LogP contribution in [0.1, 0.15) is 10.5 Å². The zero-order valence-corrected chi connectivity index (χ0v) is 15.9. The molecule has 0 bridgehead atoms. The van der Waals surface area contributed by atoms with Crippen molar-refractivity contribution in [1.82, 2.24) is 18.8 Å². The molecular formula is C19H16N4O4S. The lowest BCUT2D eigenvalue weighted by atomic mass is 10.2. The second-order valence-corrected chi connectivity index (χ2v) is 8.06. The number of fused-ring (bicyclic) bond motifs is 2. The first-order valence-corrected chi connectivity index (χ1v) is 9.85. The van der Waals surface area contributed by atoms with Crippen molar-refractivity contribution < 1.29 is 13.2 Å². The zero-order chi connectivity index (χ0) is 20.1. The lowest BCUT2D eigenvalue weighted by Gasteiger charge is -2.08. The molecule has 1 amide bonds. The van der Waals surface area contributed by atoms with E-state index in [9.17, 15) is 18.0 Å². The third kappa shape index (κ3) is 2.85. The Hall–Kier alpha value is -3.46. The number of hydrogen-bond donors (Lipinski definition) is 1. The molecule has 8 nitrogen and oxygen atoms in total. The third-order valence-corrected chi connectivity index (χ3v) is 5.94. The molecule has 2 heterocycles. The monoisotopic (exact) mass is 396 g/mol. The molecule has 0 radical (unpaired) electrons. The number of rotatable bonds is 3. The van der Waals surface area contributed by atoms with E-state index in [1.807, 2.05) is 16.9 Å². The van der Waals surface area contributed by atoms with E-state index in [1.165, 1.54) is 33.4 Å². The van der Waals surface area contributed by atoms with Gasteiger partial charge in [0.25, 0.3) is 15.9 Å². The van der Waals surface area contributed by atoms with E-state index in [0.717, 1.165) is 5.39 Å². The van der Waals surface area contributed by atoms with E-state index < -0.39 is 15.9 Å². The smallest absolute Gasteiger partial charge is 0.295 e. The largest absolute Gasteiger partial charge is 0.328 e. The average Bonchev–Trinajstić information content (AvgIpc) is 2.91. The number of sulfonamides is 1. The molecule has 0 aliphatic carbocycles. The average molecular weight is 396 g/mol. The molecule has 0 atom stereocenters. The first-order valence-electron chi connectivity index (χ1n) is 8.36. The summed E-state index contributed by atoms with van der Waals surface area (Å²) in [7, 11) is -0.980. The van der Waals surface area contributed by atoms with E-state index in [0.29, 0.717) is 16.6 Å². The van der Waals surface area contributed by atoms with Crippen molar-refractivity contribution in [3.63, 3.8) is 0 Å². The summed E-state index contributed by atoms with van der Waals surface area (Å²) in [4.78, 5) is 28.6. The molecule has 0 unspecified atom stereocenters. The molecule has 0 saturated heterocycles. The number of aryl methyl sites for hydroxylation is 2. The number of imidazole rings is 1. The van der Waals surface area contributed by atoms with Gasteiger partial charge in [0.15, 0.2) is 0 Å². The first kappa shape index (κ1) is 17.9. The summed E-state index contributed by atoms with van der Waals surface area (Å²) in [6, 6.07) is 14.6. The Kier molecular flexibility index (Phi) is 4.04. The van der Waals surface area contributed by atoms with Crippen LogP contribution >= 0.6 is 0 Å². The van der Waals surface area contributed by atoms with Gasteiger partial charge >= 0.3 is 5.69 Å². The Morgan fingerprint density at radius 2 is 1.68 bits per heavy atom. The summed E-state index contributed by atoms with van der Waals surface area (Å²) >= 11 is 0. The number of hydrogen-bond acceptors (Lipinski definition) is 5. The van der Waals surface area contributed by atoms with Crippen molar-refractivity contribution >= 4 is 37.9 Å². The number of nitrogens with zero attached hydrogens (tertiary/aromatic N) is 3. The van der Waals surface area contributed by atoms with E-state index in [2.05, 4.69) is 4.98 Å². The van der Waals surface area contributed by atoms with Gasteiger partial charge < -0.3 is 0 Å². The topological polar surface area (TPSA) is 103 Å². The van der Waals surface area contributed by atoms with Gasteiger partial charge in [0.05, 0.1) is 21.4 Å². The SMILES string of the molecule is Cn1c(=O)n(C)c2cc(S(=O)(=O)NC(=O)c3ccc4ccccc4n3)ccc21. The number of amides is 1. The molecule has 142 valence electrons. The number of carbonyl (C=O) groups excluding carboxylic acids is 1. The zero-order valence-electron chi connectivity index (χ0n) is 15.1. The van der Waals surface area contributed by atoms with Crippen LogP contribution in [0, 0.1) is 0 Å². The Labute approximate surface area is 160 Å². The van der Waals surface area contributed by atoms with Gasteiger partial charge in [-0.05, 0) is 30.3 Å². The number of para-hydroxylation sites is 1. The van der Waals surface area contributed by atoms with Crippen molar-refractivity contribution in [2.75, 3.05) is 0 Å². The molecular weight excluding hydrogens is 380 g/mol. The molecule has 4 rings (SSSR count). The second kappa shape index (κ2) is 6.31. The number of benzene rings is 2. The minimum absolute atomic E-state index is 0.00420. The van der Waals surface area contributed by atoms with Gasteiger partial charge in [-0.15, -0.1) is 0 Å². The van der Waals surface area contributed by atoms with E-state index >= 15 is 0 Å². The van der Waals surface area contributed by atoms with Crippen LogP contribution in [0.3, 0.4) is 0 Å². The highest BCUT2D eigenvalue weighted by Crippen LogP contribution is 2.18. The Morgan fingerprint density at radius 3 is 2.46 bits per heavy atom. The highest BCUT2D eigenvalue weighted by Gasteiger charge is 2.21. The van der Waals surface area contributed by atoms with Crippen molar-refractivity contribution in [2.24, 2.45) is 14.1 Å². The highest BCUT2D eigenvalue weighted by molar-refractivity contribution is 7.90. The van der Waals surface area contributed by atoms with E-state index in [-0.39, 0.29) is 16.3 Å². The van der Waals surface area contributed by atoms with Gasteiger partial charge in [-0.25, -0.2) is 22.9 Å². The predicted octanol–water partition coefficient (Wildman–Crippen LogP) is 1.54. The molecule has 9 heteroatoms. The summed E-state index contributed by atoms with van der Waals surface area (Å²) in [5, 5.41) is 0.845. The Bertz CT molecular complexity index is 1420. The fourth-order valence-corrected chi connectivity index (χ4v) is 4.06. The van der Waals surface area contributed by atoms with Gasteiger partial charge in [-0.2, -0.15) is 0 Å². The third-order valence-electron chi connectivity index (χ3n) is 4.61. The predicted molar refractivity (Wildman–Crippen MR) is 105 cm³/mol. The van der Waals surface area contributed by atoms with Crippen molar-refractivity contribution in [3.8, 4) is 0 Å². The van der Waals surface area contributed by atoms with Crippen LogP contribution < -0.4 is 10.4 Å². The summed E-state index contributed by atoms with van der Waals surface area (Å²) in [6.45, 7) is 0. The van der Waals surface area contributed by atoms with E-state index in [4.69, 9.17) is 0 Å². The normalized spacial score (nSPS) is 11.8. The summed E-state index contributed by atoms with van der Waals surface area (Å²) in [5.74, 6) is -0.826. The fraction of sp³-hybridized carbons (Fsp3) is 0.105. The van der Waals surface area contributed by atoms with Gasteiger partial charge in [0.2, 0.25) is 0 Å². The van der Waals surface area contributed by atoms with Crippen LogP contribution in [-0.4, -0.2) is 28.4 Å². The molecule has 1 N–H and O–H groups in total. The molecule has 0 aliphatic rings. The van der Waals surface area contributed by atoms with Gasteiger partial charge in [0, 0.05) is 19.5 Å². The van der Waals surface area contributed by atoms with Crippen LogP contribution in [0.15, 0.2) is 64.3 Å². The van der Waals surface area contributed by atoms with Crippen molar-refractivity contribution in [3.05, 3.63) is 70.8 Å². The van der Waals surface area contributed by atoms with Crippen molar-refractivity contribution in [2.45, 2.75) is 4.90 Å². The Balaban J connectivity index is 1.70. The maximum atomic E-state index is 12.7. The van der Waals surface area contributed by atoms with Gasteiger partial charge in [-0.1, -0.05) is 24.3 Å². The molecule has 2 aromatic heterocycles. The second-order valence-electron chi connectivity index (χ2n) is 6.37. The minimum atomic E-state index is -4.14. The Morgan fingerprint density at radius 1 is 0.964 bits per heavy atom. The molecule has 2 aromatic carbocycles. The molecule has 0 fully saturated rings. The van der Waals surface area contributed by atoms with Crippen LogP contribution in [0.5, 0.6) is 0 Å². The minimum Gasteiger partial charge on any atom is -0.295 e. The molecule has 0 saturated carbocycles. The number of pyridine rings is 1. The lowest BCUT2D eigenvalue weighted by molar-refractivity contribution is 0.0977. The quantitative estimate of drug-likeness (QED) is 0.566. The number of nitrogens with one attached hydrogen (secondary N) is 1. The number of aromatic nitrogens is 3. The van der Waals surface area contributed by atoms with Crippen LogP contribution in [0.4, 0.5) is 0 Å². The standard InChI is InChI=1S/C19H16N4O4S/c1-22-16-10-8-13(11-17(16)23(2)19(22)25)28(26,27)21-18(24)15-9-7-12-5-3-4-6-14(12)20-15/h3-11H,1-2H3,(H,21,24). The van der Waals surface area contributed by atoms with Gasteiger partial charge in [-0.3, -0.25) is 13.9 Å². The summed E-state index contributed by atoms with van der Waals surface area (Å²) in [5.41, 5.74) is 1.36. The summed E-state index contributed by atoms with van der Waals surface area (Å²) in [6.07, 6.45) is 0. The maximum absolute atomic E-state index is 12.7. The fourth-order valence-electron chi connectivity index (χ4n) is 3.08. The van der Waals surface area contributed by atoms with Gasteiger partial charge in [0.1, 0.15) is 5.69 Å². The molecule has 0 aliphatic heterocycles. The number of carbonyl (C=O) groups is 1. The van der Waals surface area contributed by atoms with Crippen LogP contribution in [0.25, 0.3) is 21.9 Å². The van der Waals surface area contributed by atoms with Crippen LogP contribution in [0.2, 0.25) is 0 Å². The highest BCUT2D eigenvalue weighted by atomic mass is 32.2. The maximum Gasteiger partial charge on any atom is 0.328 e. The van der Waals surface area contributed by atoms with Crippen molar-refractivity contribution in [1.29, 1.82) is 0 Å². The van der Waals surface area contributed by atoms with E-state index in [1.54, 1.807) is 32.3 Å². The molecule has 28 heavy (non-hydrogen) atoms. The first-order chi connectivity index (χ1) is 13.3. The molecule has 4 aromatic rings.